The maximum Gasteiger partial charge on any atom is 0.446 e. The summed E-state index contributed by atoms with van der Waals surface area (Å²) >= 11 is 0. The summed E-state index contributed by atoms with van der Waals surface area (Å²) in [5.41, 5.74) is 0.849. The van der Waals surface area contributed by atoms with E-state index in [0.29, 0.717) is 24.2 Å². The van der Waals surface area contributed by atoms with Crippen molar-refractivity contribution in [1.29, 1.82) is 0 Å². The fraction of sp³-hybridized carbons (Fsp3) is 0.667. The van der Waals surface area contributed by atoms with E-state index in [9.17, 15) is 22.9 Å². The zero-order valence-corrected chi connectivity index (χ0v) is 19.5. The number of ether oxygens (including phenoxy) is 3. The van der Waals surface area contributed by atoms with Crippen LogP contribution in [0.3, 0.4) is 0 Å². The Morgan fingerprint density at radius 1 is 0.871 bits per heavy atom. The van der Waals surface area contributed by atoms with Gasteiger partial charge in [0.05, 0.1) is 20.8 Å². The van der Waals surface area contributed by atoms with Crippen molar-refractivity contribution < 1.29 is 41.3 Å². The third-order valence-electron chi connectivity index (χ3n) is 4.93. The molecule has 10 heteroatoms. The number of carbonyl (C=O) groups excluding carboxylic acids is 1. The first kappa shape index (κ1) is 26.8. The molecule has 0 bridgehead atoms. The predicted octanol–water partition coefficient (Wildman–Crippen LogP) is 4.13. The Morgan fingerprint density at radius 2 is 1.39 bits per heavy atom. The first-order valence-electron chi connectivity index (χ1n) is 10.4. The highest BCUT2D eigenvalue weighted by molar-refractivity contribution is 7.81. The van der Waals surface area contributed by atoms with Gasteiger partial charge in [-0.15, -0.1) is 0 Å². The van der Waals surface area contributed by atoms with Gasteiger partial charge < -0.3 is 23.5 Å². The van der Waals surface area contributed by atoms with Crippen LogP contribution in [0.5, 0.6) is 23.0 Å². The van der Waals surface area contributed by atoms with Crippen molar-refractivity contribution in [2.45, 2.75) is 71.6 Å². The molecule has 0 spiro atoms. The highest BCUT2D eigenvalue weighted by atomic mass is 32.3. The van der Waals surface area contributed by atoms with Crippen LogP contribution in [0, 0.1) is 6.92 Å². The largest absolute Gasteiger partial charge is 0.504 e. The highest BCUT2D eigenvalue weighted by Gasteiger charge is 2.27. The molecule has 2 N–H and O–H groups in total. The molecule has 31 heavy (non-hydrogen) atoms. The fourth-order valence-electron chi connectivity index (χ4n) is 3.38. The Kier molecular flexibility index (Phi) is 11.5. The molecule has 0 fully saturated rings. The van der Waals surface area contributed by atoms with Gasteiger partial charge in [-0.2, -0.15) is 8.42 Å². The lowest BCUT2D eigenvalue weighted by atomic mass is 9.98. The van der Waals surface area contributed by atoms with Gasteiger partial charge in [-0.1, -0.05) is 38.5 Å². The van der Waals surface area contributed by atoms with Crippen LogP contribution in [0.4, 0.5) is 0 Å². The molecule has 0 radical (unpaired) electrons. The van der Waals surface area contributed by atoms with Crippen LogP contribution in [0.1, 0.15) is 69.4 Å². The molecule has 0 saturated carbocycles. The quantitative estimate of drug-likeness (QED) is 0.224. The van der Waals surface area contributed by atoms with E-state index in [-0.39, 0.29) is 29.0 Å². The van der Waals surface area contributed by atoms with E-state index < -0.39 is 10.4 Å². The minimum Gasteiger partial charge on any atom is -0.504 e. The number of hydrogen-bond donors (Lipinski definition) is 2. The minimum atomic E-state index is -4.79. The number of phenols is 1. The molecule has 0 unspecified atom stereocenters. The molecule has 0 atom stereocenters. The SMILES string of the molecule is COc1c(O)c(C)c(CCCCCCCCCCOC(C)=O)c(OS(=O)(=O)O)c1OC. The van der Waals surface area contributed by atoms with E-state index in [0.717, 1.165) is 51.4 Å². The molecule has 0 saturated heterocycles. The molecule has 178 valence electrons. The van der Waals surface area contributed by atoms with Crippen molar-refractivity contribution in [3.8, 4) is 23.0 Å². The van der Waals surface area contributed by atoms with Gasteiger partial charge in [0, 0.05) is 18.1 Å². The number of rotatable bonds is 15. The Labute approximate surface area is 184 Å². The second-order valence-electron chi connectivity index (χ2n) is 7.28. The molecule has 1 rings (SSSR count). The summed E-state index contributed by atoms with van der Waals surface area (Å²) in [4.78, 5) is 10.7. The lowest BCUT2D eigenvalue weighted by Gasteiger charge is -2.19. The van der Waals surface area contributed by atoms with Crippen LogP contribution in [0.15, 0.2) is 0 Å². The average molecular weight is 463 g/mol. The fourth-order valence-corrected chi connectivity index (χ4v) is 3.77. The number of unbranched alkanes of at least 4 members (excludes halogenated alkanes) is 7. The standard InChI is InChI=1S/C21H34O9S/c1-15-17(13-11-9-7-5-6-8-10-12-14-29-16(2)22)19(30-31(24,25)26)21(28-4)20(27-3)18(15)23/h23H,5-14H2,1-4H3,(H,24,25,26). The van der Waals surface area contributed by atoms with E-state index >= 15 is 0 Å². The second-order valence-corrected chi connectivity index (χ2v) is 8.30. The van der Waals surface area contributed by atoms with Gasteiger partial charge in [-0.3, -0.25) is 9.35 Å². The third-order valence-corrected chi connectivity index (χ3v) is 5.31. The van der Waals surface area contributed by atoms with Crippen molar-refractivity contribution in [2.75, 3.05) is 20.8 Å². The van der Waals surface area contributed by atoms with Gasteiger partial charge in [0.25, 0.3) is 0 Å². The smallest absolute Gasteiger partial charge is 0.446 e. The number of aromatic hydroxyl groups is 1. The van der Waals surface area contributed by atoms with Crippen LogP contribution in [-0.2, 0) is 26.4 Å². The van der Waals surface area contributed by atoms with Gasteiger partial charge in [0.2, 0.25) is 11.5 Å². The van der Waals surface area contributed by atoms with Crippen LogP contribution in [0.25, 0.3) is 0 Å². The highest BCUT2D eigenvalue weighted by Crippen LogP contribution is 2.49. The van der Waals surface area contributed by atoms with Gasteiger partial charge >= 0.3 is 16.4 Å². The summed E-state index contributed by atoms with van der Waals surface area (Å²) in [6.45, 7) is 3.50. The van der Waals surface area contributed by atoms with Gasteiger partial charge in [-0.25, -0.2) is 0 Å². The van der Waals surface area contributed by atoms with Gasteiger partial charge in [0.1, 0.15) is 0 Å². The van der Waals surface area contributed by atoms with E-state index in [1.807, 2.05) is 0 Å². The average Bonchev–Trinajstić information content (AvgIpc) is 2.69. The lowest BCUT2D eigenvalue weighted by molar-refractivity contribution is -0.141. The molecule has 0 aliphatic rings. The van der Waals surface area contributed by atoms with Crippen LogP contribution < -0.4 is 13.7 Å². The Balaban J connectivity index is 2.62. The Morgan fingerprint density at radius 3 is 1.87 bits per heavy atom. The summed E-state index contributed by atoms with van der Waals surface area (Å²) in [7, 11) is -2.19. The number of methoxy groups -OCH3 is 2. The van der Waals surface area contributed by atoms with Crippen LogP contribution in [0.2, 0.25) is 0 Å². The summed E-state index contributed by atoms with van der Waals surface area (Å²) in [5.74, 6) is -0.734. The maximum absolute atomic E-state index is 11.3. The molecule has 0 aliphatic carbocycles. The summed E-state index contributed by atoms with van der Waals surface area (Å²) < 4.78 is 51.8. The van der Waals surface area contributed by atoms with Crippen LogP contribution in [-0.4, -0.2) is 44.9 Å². The number of carbonyl (C=O) groups is 1. The number of hydrogen-bond acceptors (Lipinski definition) is 8. The van der Waals surface area contributed by atoms with E-state index in [2.05, 4.69) is 0 Å². The second kappa shape index (κ2) is 13.3. The summed E-state index contributed by atoms with van der Waals surface area (Å²) in [6, 6.07) is 0. The Hall–Kier alpha value is -2.20. The molecule has 0 aliphatic heterocycles. The minimum absolute atomic E-state index is 0.0592. The number of esters is 1. The molecule has 0 heterocycles. The maximum atomic E-state index is 11.3. The molecule has 0 aromatic heterocycles. The van der Waals surface area contributed by atoms with Gasteiger partial charge in [0.15, 0.2) is 11.5 Å². The molecular formula is C21H34O9S. The lowest BCUT2D eigenvalue weighted by Crippen LogP contribution is -2.11. The zero-order chi connectivity index (χ0) is 23.4. The molecule has 0 amide bonds. The van der Waals surface area contributed by atoms with Crippen molar-refractivity contribution in [3.63, 3.8) is 0 Å². The zero-order valence-electron chi connectivity index (χ0n) is 18.7. The monoisotopic (exact) mass is 462 g/mol. The van der Waals surface area contributed by atoms with Crippen molar-refractivity contribution >= 4 is 16.4 Å². The van der Waals surface area contributed by atoms with Crippen molar-refractivity contribution in [2.24, 2.45) is 0 Å². The van der Waals surface area contributed by atoms with Gasteiger partial charge in [-0.05, 0) is 26.2 Å². The van der Waals surface area contributed by atoms with Crippen LogP contribution >= 0.6 is 0 Å². The van der Waals surface area contributed by atoms with Crippen molar-refractivity contribution in [3.05, 3.63) is 11.1 Å². The third kappa shape index (κ3) is 9.22. The van der Waals surface area contributed by atoms with E-state index in [1.54, 1.807) is 6.92 Å². The molecular weight excluding hydrogens is 428 g/mol. The van der Waals surface area contributed by atoms with E-state index in [1.165, 1.54) is 21.1 Å². The molecule has 1 aromatic carbocycles. The summed E-state index contributed by atoms with van der Waals surface area (Å²) in [5, 5.41) is 10.4. The molecule has 9 nitrogen and oxygen atoms in total. The topological polar surface area (TPSA) is 129 Å². The first-order valence-corrected chi connectivity index (χ1v) is 11.8. The van der Waals surface area contributed by atoms with Crippen molar-refractivity contribution in [1.82, 2.24) is 0 Å². The summed E-state index contributed by atoms with van der Waals surface area (Å²) in [6.07, 6.45) is 8.23. The first-order chi connectivity index (χ1) is 14.6. The normalized spacial score (nSPS) is 11.3. The number of benzene rings is 1. The molecule has 1 aromatic rings. The predicted molar refractivity (Wildman–Crippen MR) is 115 cm³/mol. The number of phenolic OH excluding ortho intramolecular Hbond substituents is 1. The Bertz CT molecular complexity index is 819. The van der Waals surface area contributed by atoms with E-state index in [4.69, 9.17) is 18.4 Å².